The summed E-state index contributed by atoms with van der Waals surface area (Å²) in [5.41, 5.74) is 1.05. The maximum atomic E-state index is 5.51. The Labute approximate surface area is 110 Å². The van der Waals surface area contributed by atoms with Crippen LogP contribution in [-0.4, -0.2) is 30.0 Å². The highest BCUT2D eigenvalue weighted by Gasteiger charge is 2.03. The Morgan fingerprint density at radius 3 is 3.06 bits per heavy atom. The number of rotatable bonds is 7. The molecule has 0 aliphatic heterocycles. The Hall–Kier alpha value is -0.840. The number of benzene rings is 1. The lowest BCUT2D eigenvalue weighted by Gasteiger charge is -2.04. The van der Waals surface area contributed by atoms with Crippen LogP contribution in [0.25, 0.3) is 10.9 Å². The van der Waals surface area contributed by atoms with E-state index in [0.717, 1.165) is 30.1 Å². The van der Waals surface area contributed by atoms with Crippen molar-refractivity contribution in [3.63, 3.8) is 0 Å². The van der Waals surface area contributed by atoms with Gasteiger partial charge < -0.3 is 10.1 Å². The van der Waals surface area contributed by atoms with E-state index >= 15 is 0 Å². The summed E-state index contributed by atoms with van der Waals surface area (Å²) >= 11 is 7.02. The lowest BCUT2D eigenvalue weighted by atomic mass is 10.2. The Morgan fingerprint density at radius 1 is 1.29 bits per heavy atom. The first-order valence-electron chi connectivity index (χ1n) is 5.64. The summed E-state index contributed by atoms with van der Waals surface area (Å²) in [6.45, 7) is 2.27. The molecule has 0 spiro atoms. The second-order valence-electron chi connectivity index (χ2n) is 3.61. The molecule has 2 aromatic rings. The predicted octanol–water partition coefficient (Wildman–Crippen LogP) is 3.35. The number of nitrogens with zero attached hydrogens (tertiary/aromatic N) is 1. The molecule has 1 N–H and O–H groups in total. The van der Waals surface area contributed by atoms with E-state index in [1.165, 1.54) is 16.9 Å². The van der Waals surface area contributed by atoms with E-state index in [1.807, 2.05) is 18.2 Å². The van der Waals surface area contributed by atoms with Gasteiger partial charge in [-0.3, -0.25) is 0 Å². The van der Waals surface area contributed by atoms with Crippen molar-refractivity contribution in [2.24, 2.45) is 0 Å². The smallest absolute Gasteiger partial charge is 0.117 e. The maximum Gasteiger partial charge on any atom is 0.117 e. The molecular formula is C12H15ClN2OS. The molecule has 0 radical (unpaired) electrons. The van der Waals surface area contributed by atoms with E-state index in [2.05, 4.69) is 15.8 Å². The quantitative estimate of drug-likeness (QED) is 0.619. The van der Waals surface area contributed by atoms with Gasteiger partial charge in [-0.25, -0.2) is 0 Å². The van der Waals surface area contributed by atoms with Crippen LogP contribution in [0.4, 0.5) is 5.00 Å². The van der Waals surface area contributed by atoms with Crippen LogP contribution in [0.1, 0.15) is 6.42 Å². The predicted molar refractivity (Wildman–Crippen MR) is 74.3 cm³/mol. The van der Waals surface area contributed by atoms with Crippen molar-refractivity contribution in [3.8, 4) is 0 Å². The van der Waals surface area contributed by atoms with Crippen LogP contribution >= 0.6 is 23.1 Å². The molecule has 17 heavy (non-hydrogen) atoms. The monoisotopic (exact) mass is 270 g/mol. The summed E-state index contributed by atoms with van der Waals surface area (Å²) in [6, 6.07) is 8.16. The van der Waals surface area contributed by atoms with Crippen LogP contribution in [0.5, 0.6) is 0 Å². The first kappa shape index (κ1) is 12.6. The molecule has 0 amide bonds. The standard InChI is InChI=1S/C12H15ClN2OS/c13-6-9-16-8-3-7-14-12-10-4-1-2-5-11(10)15-17-12/h1-2,4-5,14H,3,6-9H2. The molecular weight excluding hydrogens is 256 g/mol. The van der Waals surface area contributed by atoms with Crippen molar-refractivity contribution in [1.82, 2.24) is 4.37 Å². The van der Waals surface area contributed by atoms with E-state index in [0.29, 0.717) is 12.5 Å². The molecule has 0 bridgehead atoms. The number of nitrogens with one attached hydrogen (secondary N) is 1. The Kier molecular flexibility index (Phi) is 5.04. The average molecular weight is 271 g/mol. The zero-order valence-electron chi connectivity index (χ0n) is 9.49. The number of hydrogen-bond donors (Lipinski definition) is 1. The SMILES string of the molecule is ClCCOCCCNc1snc2ccccc12. The molecule has 0 saturated carbocycles. The summed E-state index contributed by atoms with van der Waals surface area (Å²) in [5, 5.41) is 5.72. The molecule has 1 aromatic heterocycles. The molecule has 0 atom stereocenters. The fourth-order valence-corrected chi connectivity index (χ4v) is 2.45. The van der Waals surface area contributed by atoms with Crippen molar-refractivity contribution in [2.45, 2.75) is 6.42 Å². The number of alkyl halides is 1. The number of halogens is 1. The van der Waals surface area contributed by atoms with Gasteiger partial charge in [0.25, 0.3) is 0 Å². The molecule has 1 aromatic carbocycles. The third kappa shape index (κ3) is 3.56. The second-order valence-corrected chi connectivity index (χ2v) is 4.76. The fraction of sp³-hybridized carbons (Fsp3) is 0.417. The highest BCUT2D eigenvalue weighted by atomic mass is 35.5. The van der Waals surface area contributed by atoms with Crippen LogP contribution in [0, 0.1) is 0 Å². The molecule has 5 heteroatoms. The fourth-order valence-electron chi connectivity index (χ4n) is 1.55. The van der Waals surface area contributed by atoms with Gasteiger partial charge in [0.05, 0.1) is 12.1 Å². The summed E-state index contributed by atoms with van der Waals surface area (Å²) in [6.07, 6.45) is 0.975. The Morgan fingerprint density at radius 2 is 2.18 bits per heavy atom. The molecule has 0 saturated heterocycles. The number of hydrogen-bond acceptors (Lipinski definition) is 4. The van der Waals surface area contributed by atoms with Gasteiger partial charge in [-0.05, 0) is 30.1 Å². The van der Waals surface area contributed by atoms with Crippen molar-refractivity contribution in [1.29, 1.82) is 0 Å². The van der Waals surface area contributed by atoms with Gasteiger partial charge in [0.15, 0.2) is 0 Å². The summed E-state index contributed by atoms with van der Waals surface area (Å²) in [4.78, 5) is 0. The molecule has 92 valence electrons. The topological polar surface area (TPSA) is 34.1 Å². The van der Waals surface area contributed by atoms with Crippen LogP contribution in [0.15, 0.2) is 24.3 Å². The molecule has 3 nitrogen and oxygen atoms in total. The van der Waals surface area contributed by atoms with Gasteiger partial charge in [-0.1, -0.05) is 12.1 Å². The van der Waals surface area contributed by atoms with Crippen LogP contribution in [0.3, 0.4) is 0 Å². The lowest BCUT2D eigenvalue weighted by Crippen LogP contribution is -2.06. The molecule has 2 rings (SSSR count). The summed E-state index contributed by atoms with van der Waals surface area (Å²) < 4.78 is 9.68. The van der Waals surface area contributed by atoms with Gasteiger partial charge in [0, 0.05) is 24.4 Å². The van der Waals surface area contributed by atoms with Gasteiger partial charge in [0.2, 0.25) is 0 Å². The number of anilines is 1. The zero-order valence-corrected chi connectivity index (χ0v) is 11.1. The third-order valence-electron chi connectivity index (χ3n) is 2.36. The minimum absolute atomic E-state index is 0.562. The van der Waals surface area contributed by atoms with Gasteiger partial charge in [-0.15, -0.1) is 11.6 Å². The van der Waals surface area contributed by atoms with Crippen molar-refractivity contribution in [3.05, 3.63) is 24.3 Å². The van der Waals surface area contributed by atoms with Crippen LogP contribution in [0.2, 0.25) is 0 Å². The highest BCUT2D eigenvalue weighted by molar-refractivity contribution is 7.11. The lowest BCUT2D eigenvalue weighted by molar-refractivity contribution is 0.149. The first-order valence-corrected chi connectivity index (χ1v) is 6.94. The summed E-state index contributed by atoms with van der Waals surface area (Å²) in [7, 11) is 0. The van der Waals surface area contributed by atoms with E-state index in [-0.39, 0.29) is 0 Å². The zero-order chi connectivity index (χ0) is 11.9. The van der Waals surface area contributed by atoms with E-state index in [4.69, 9.17) is 16.3 Å². The number of fused-ring (bicyclic) bond motifs is 1. The van der Waals surface area contributed by atoms with Gasteiger partial charge >= 0.3 is 0 Å². The minimum atomic E-state index is 0.562. The van der Waals surface area contributed by atoms with Crippen molar-refractivity contribution >= 4 is 39.0 Å². The van der Waals surface area contributed by atoms with Crippen molar-refractivity contribution < 1.29 is 4.74 Å². The average Bonchev–Trinajstić information content (AvgIpc) is 2.77. The van der Waals surface area contributed by atoms with Crippen molar-refractivity contribution in [2.75, 3.05) is 31.0 Å². The third-order valence-corrected chi connectivity index (χ3v) is 3.35. The number of ether oxygens (including phenoxy) is 1. The van der Waals surface area contributed by atoms with Crippen LogP contribution in [-0.2, 0) is 4.74 Å². The van der Waals surface area contributed by atoms with E-state index < -0.39 is 0 Å². The van der Waals surface area contributed by atoms with E-state index in [1.54, 1.807) is 0 Å². The van der Waals surface area contributed by atoms with Gasteiger partial charge in [-0.2, -0.15) is 4.37 Å². The normalized spacial score (nSPS) is 10.9. The molecule has 0 fully saturated rings. The first-order chi connectivity index (χ1) is 8.42. The Bertz CT molecular complexity index is 460. The minimum Gasteiger partial charge on any atom is -0.380 e. The molecule has 0 aliphatic carbocycles. The summed E-state index contributed by atoms with van der Waals surface area (Å²) in [5.74, 6) is 0.562. The molecule has 0 unspecified atom stereocenters. The second kappa shape index (κ2) is 6.79. The Balaban J connectivity index is 1.79. The largest absolute Gasteiger partial charge is 0.380 e. The van der Waals surface area contributed by atoms with E-state index in [9.17, 15) is 0 Å². The maximum absolute atomic E-state index is 5.51. The van der Waals surface area contributed by atoms with Gasteiger partial charge in [0.1, 0.15) is 5.00 Å². The number of aromatic nitrogens is 1. The molecule has 0 aliphatic rings. The molecule has 1 heterocycles. The highest BCUT2D eigenvalue weighted by Crippen LogP contribution is 2.26. The van der Waals surface area contributed by atoms with Crippen LogP contribution < -0.4 is 5.32 Å².